The molecule has 1 fully saturated rings. The van der Waals surface area contributed by atoms with Gasteiger partial charge in [0.1, 0.15) is 5.82 Å². The van der Waals surface area contributed by atoms with Gasteiger partial charge in [-0.05, 0) is 37.5 Å². The minimum absolute atomic E-state index is 0.221. The summed E-state index contributed by atoms with van der Waals surface area (Å²) in [5.41, 5.74) is 0.477. The molecule has 1 aliphatic heterocycles. The van der Waals surface area contributed by atoms with E-state index in [9.17, 15) is 9.50 Å². The molecule has 0 amide bonds. The Labute approximate surface area is 114 Å². The van der Waals surface area contributed by atoms with E-state index >= 15 is 0 Å². The summed E-state index contributed by atoms with van der Waals surface area (Å²) in [6, 6.07) is 4.86. The average molecular weight is 266 g/mol. The van der Waals surface area contributed by atoms with Gasteiger partial charge < -0.3 is 15.3 Å². The molecule has 1 unspecified atom stereocenters. The molecule has 4 heteroatoms. The van der Waals surface area contributed by atoms with Gasteiger partial charge in [-0.25, -0.2) is 4.39 Å². The van der Waals surface area contributed by atoms with Crippen LogP contribution in [-0.2, 0) is 5.60 Å². The Morgan fingerprint density at radius 3 is 2.68 bits per heavy atom. The topological polar surface area (TPSA) is 35.5 Å². The van der Waals surface area contributed by atoms with Crippen molar-refractivity contribution in [3.8, 4) is 0 Å². The molecule has 0 aromatic heterocycles. The second-order valence-corrected chi connectivity index (χ2v) is 5.58. The SMILES string of the molecule is Cc1cc(C(C)(O)CCN2CCNCC2)ccc1F. The number of piperazine rings is 1. The summed E-state index contributed by atoms with van der Waals surface area (Å²) in [5, 5.41) is 13.9. The van der Waals surface area contributed by atoms with Crippen molar-refractivity contribution in [1.82, 2.24) is 10.2 Å². The first-order chi connectivity index (χ1) is 8.99. The number of benzene rings is 1. The van der Waals surface area contributed by atoms with Crippen molar-refractivity contribution >= 4 is 0 Å². The molecule has 2 rings (SSSR count). The van der Waals surface area contributed by atoms with E-state index in [1.54, 1.807) is 19.1 Å². The standard InChI is InChI=1S/C15H23FN2O/c1-12-11-13(3-4-14(12)16)15(2,19)5-8-18-9-6-17-7-10-18/h3-4,11,17,19H,5-10H2,1-2H3. The lowest BCUT2D eigenvalue weighted by molar-refractivity contribution is 0.0344. The number of aryl methyl sites for hydroxylation is 1. The van der Waals surface area contributed by atoms with E-state index in [4.69, 9.17) is 0 Å². The van der Waals surface area contributed by atoms with Crippen molar-refractivity contribution < 1.29 is 9.50 Å². The van der Waals surface area contributed by atoms with Gasteiger partial charge >= 0.3 is 0 Å². The lowest BCUT2D eigenvalue weighted by Gasteiger charge is -2.31. The van der Waals surface area contributed by atoms with Crippen LogP contribution in [0, 0.1) is 12.7 Å². The number of hydrogen-bond acceptors (Lipinski definition) is 3. The molecule has 0 aliphatic carbocycles. The third kappa shape index (κ3) is 3.75. The minimum Gasteiger partial charge on any atom is -0.385 e. The van der Waals surface area contributed by atoms with E-state index in [0.717, 1.165) is 38.3 Å². The molecule has 0 bridgehead atoms. The van der Waals surface area contributed by atoms with Crippen molar-refractivity contribution in [2.75, 3.05) is 32.7 Å². The zero-order valence-corrected chi connectivity index (χ0v) is 11.7. The highest BCUT2D eigenvalue weighted by molar-refractivity contribution is 5.28. The van der Waals surface area contributed by atoms with Gasteiger partial charge in [0.05, 0.1) is 5.60 Å². The smallest absolute Gasteiger partial charge is 0.126 e. The Hall–Kier alpha value is -0.970. The van der Waals surface area contributed by atoms with Gasteiger partial charge in [0.15, 0.2) is 0 Å². The van der Waals surface area contributed by atoms with E-state index in [-0.39, 0.29) is 5.82 Å². The number of nitrogens with one attached hydrogen (secondary N) is 1. The zero-order valence-electron chi connectivity index (χ0n) is 11.7. The van der Waals surface area contributed by atoms with Crippen LogP contribution in [0.1, 0.15) is 24.5 Å². The molecular weight excluding hydrogens is 243 g/mol. The van der Waals surface area contributed by atoms with Crippen LogP contribution in [0.15, 0.2) is 18.2 Å². The molecule has 1 saturated heterocycles. The first kappa shape index (κ1) is 14.4. The molecule has 0 spiro atoms. The van der Waals surface area contributed by atoms with Gasteiger partial charge in [-0.1, -0.05) is 12.1 Å². The van der Waals surface area contributed by atoms with Crippen LogP contribution in [0.5, 0.6) is 0 Å². The van der Waals surface area contributed by atoms with Gasteiger partial charge in [-0.2, -0.15) is 0 Å². The molecular formula is C15H23FN2O. The highest BCUT2D eigenvalue weighted by atomic mass is 19.1. The lowest BCUT2D eigenvalue weighted by atomic mass is 9.91. The summed E-state index contributed by atoms with van der Waals surface area (Å²) in [6.45, 7) is 8.48. The van der Waals surface area contributed by atoms with Crippen LogP contribution in [0.25, 0.3) is 0 Å². The number of halogens is 1. The largest absolute Gasteiger partial charge is 0.385 e. The van der Waals surface area contributed by atoms with Crippen LogP contribution < -0.4 is 5.32 Å². The van der Waals surface area contributed by atoms with Gasteiger partial charge in [0.2, 0.25) is 0 Å². The molecule has 2 N–H and O–H groups in total. The predicted molar refractivity (Wildman–Crippen MR) is 74.6 cm³/mol. The number of hydrogen-bond donors (Lipinski definition) is 2. The maximum absolute atomic E-state index is 13.3. The summed E-state index contributed by atoms with van der Waals surface area (Å²) >= 11 is 0. The second kappa shape index (κ2) is 5.99. The Morgan fingerprint density at radius 1 is 1.37 bits per heavy atom. The number of aliphatic hydroxyl groups is 1. The summed E-state index contributed by atoms with van der Waals surface area (Å²) < 4.78 is 13.3. The van der Waals surface area contributed by atoms with Crippen molar-refractivity contribution in [3.63, 3.8) is 0 Å². The summed E-state index contributed by atoms with van der Waals surface area (Å²) in [6.07, 6.45) is 0.665. The number of nitrogens with zero attached hydrogens (tertiary/aromatic N) is 1. The van der Waals surface area contributed by atoms with Crippen LogP contribution in [0.4, 0.5) is 4.39 Å². The first-order valence-electron chi connectivity index (χ1n) is 6.91. The van der Waals surface area contributed by atoms with E-state index in [1.807, 2.05) is 6.92 Å². The molecule has 1 aromatic rings. The third-order valence-corrected chi connectivity index (χ3v) is 3.90. The monoisotopic (exact) mass is 266 g/mol. The Kier molecular flexibility index (Phi) is 4.55. The summed E-state index contributed by atoms with van der Waals surface area (Å²) in [7, 11) is 0. The van der Waals surface area contributed by atoms with Crippen molar-refractivity contribution in [1.29, 1.82) is 0 Å². The summed E-state index contributed by atoms with van der Waals surface area (Å²) in [4.78, 5) is 2.35. The van der Waals surface area contributed by atoms with Gasteiger partial charge in [-0.3, -0.25) is 0 Å². The predicted octanol–water partition coefficient (Wildman–Crippen LogP) is 1.64. The molecule has 1 aliphatic rings. The maximum atomic E-state index is 13.3. The van der Waals surface area contributed by atoms with Crippen molar-refractivity contribution in [3.05, 3.63) is 35.1 Å². The van der Waals surface area contributed by atoms with Crippen LogP contribution in [0.2, 0.25) is 0 Å². The highest BCUT2D eigenvalue weighted by Crippen LogP contribution is 2.26. The van der Waals surface area contributed by atoms with Crippen LogP contribution >= 0.6 is 0 Å². The van der Waals surface area contributed by atoms with Crippen LogP contribution in [-0.4, -0.2) is 42.7 Å². The fourth-order valence-corrected chi connectivity index (χ4v) is 2.43. The minimum atomic E-state index is -0.899. The Bertz CT molecular complexity index is 428. The molecule has 1 atom stereocenters. The van der Waals surface area contributed by atoms with Gasteiger partial charge in [0, 0.05) is 32.7 Å². The second-order valence-electron chi connectivity index (χ2n) is 5.58. The normalized spacial score (nSPS) is 20.2. The maximum Gasteiger partial charge on any atom is 0.126 e. The van der Waals surface area contributed by atoms with E-state index in [1.165, 1.54) is 6.07 Å². The molecule has 106 valence electrons. The van der Waals surface area contributed by atoms with Gasteiger partial charge in [0.25, 0.3) is 0 Å². The van der Waals surface area contributed by atoms with E-state index in [2.05, 4.69) is 10.2 Å². The van der Waals surface area contributed by atoms with E-state index in [0.29, 0.717) is 12.0 Å². The molecule has 1 heterocycles. The van der Waals surface area contributed by atoms with E-state index < -0.39 is 5.60 Å². The van der Waals surface area contributed by atoms with Crippen LogP contribution in [0.3, 0.4) is 0 Å². The fourth-order valence-electron chi connectivity index (χ4n) is 2.43. The Balaban J connectivity index is 1.98. The molecule has 0 radical (unpaired) electrons. The molecule has 3 nitrogen and oxygen atoms in total. The fraction of sp³-hybridized carbons (Fsp3) is 0.600. The molecule has 1 aromatic carbocycles. The highest BCUT2D eigenvalue weighted by Gasteiger charge is 2.24. The number of rotatable bonds is 4. The Morgan fingerprint density at radius 2 is 2.05 bits per heavy atom. The first-order valence-corrected chi connectivity index (χ1v) is 6.91. The molecule has 0 saturated carbocycles. The molecule has 19 heavy (non-hydrogen) atoms. The lowest BCUT2D eigenvalue weighted by Crippen LogP contribution is -2.45. The average Bonchev–Trinajstić information content (AvgIpc) is 2.41. The zero-order chi connectivity index (χ0) is 13.9. The van der Waals surface area contributed by atoms with Crippen molar-refractivity contribution in [2.45, 2.75) is 25.9 Å². The third-order valence-electron chi connectivity index (χ3n) is 3.90. The van der Waals surface area contributed by atoms with Gasteiger partial charge in [-0.15, -0.1) is 0 Å². The van der Waals surface area contributed by atoms with Crippen molar-refractivity contribution in [2.24, 2.45) is 0 Å². The summed E-state index contributed by atoms with van der Waals surface area (Å²) in [5.74, 6) is -0.221. The quantitative estimate of drug-likeness (QED) is 0.869.